The standard InChI is InChI=1S/C21H25NO9S/c1-10(23)22-19-18(32-17-8-15(27)5-6-16(17)28)7-14(9-29-11(2)24)20(30-12(3)25)21(19)31-13(4)26/h5-6,8,14,18-21H,7,9H2,1-4H3,(H,22,23). The Kier molecular flexibility index (Phi) is 8.76. The van der Waals surface area contributed by atoms with Crippen LogP contribution in [0.5, 0.6) is 0 Å². The third-order valence-corrected chi connectivity index (χ3v) is 6.11. The van der Waals surface area contributed by atoms with E-state index in [9.17, 15) is 28.8 Å². The first-order chi connectivity index (χ1) is 15.0. The van der Waals surface area contributed by atoms with Gasteiger partial charge in [0, 0.05) is 44.9 Å². The predicted octanol–water partition coefficient (Wildman–Crippen LogP) is 0.631. The van der Waals surface area contributed by atoms with E-state index in [1.54, 1.807) is 0 Å². The van der Waals surface area contributed by atoms with Gasteiger partial charge < -0.3 is 19.5 Å². The number of nitrogens with one attached hydrogen (secondary N) is 1. The molecule has 0 aliphatic heterocycles. The van der Waals surface area contributed by atoms with Crippen LogP contribution < -0.4 is 5.32 Å². The molecule has 5 atom stereocenters. The third kappa shape index (κ3) is 7.04. The van der Waals surface area contributed by atoms with Crippen LogP contribution in [0.4, 0.5) is 0 Å². The summed E-state index contributed by atoms with van der Waals surface area (Å²) in [5.41, 5.74) is 0. The molecule has 2 aliphatic rings. The number of hydrogen-bond donors (Lipinski definition) is 1. The van der Waals surface area contributed by atoms with Crippen LogP contribution in [0, 0.1) is 5.92 Å². The summed E-state index contributed by atoms with van der Waals surface area (Å²) >= 11 is 1.05. The minimum absolute atomic E-state index is 0.138. The third-order valence-electron chi connectivity index (χ3n) is 4.75. The van der Waals surface area contributed by atoms with Gasteiger partial charge in [-0.3, -0.25) is 28.8 Å². The van der Waals surface area contributed by atoms with Crippen LogP contribution in [0.3, 0.4) is 0 Å². The van der Waals surface area contributed by atoms with Crippen molar-refractivity contribution in [3.63, 3.8) is 0 Å². The van der Waals surface area contributed by atoms with Crippen LogP contribution >= 0.6 is 11.8 Å². The molecule has 0 aromatic carbocycles. The molecule has 0 bridgehead atoms. The number of carbonyl (C=O) groups excluding carboxylic acids is 6. The summed E-state index contributed by atoms with van der Waals surface area (Å²) in [6, 6.07) is -0.853. The molecule has 0 aromatic rings. The summed E-state index contributed by atoms with van der Waals surface area (Å²) in [6.45, 7) is 4.72. The Morgan fingerprint density at radius 2 is 1.59 bits per heavy atom. The number of ether oxygens (including phenoxy) is 3. The highest BCUT2D eigenvalue weighted by Crippen LogP contribution is 2.40. The van der Waals surface area contributed by atoms with Crippen molar-refractivity contribution in [3.8, 4) is 0 Å². The largest absolute Gasteiger partial charge is 0.465 e. The fourth-order valence-corrected chi connectivity index (χ4v) is 5.02. The Labute approximate surface area is 189 Å². The highest BCUT2D eigenvalue weighted by atomic mass is 32.2. The number of thioether (sulfide) groups is 1. The number of allylic oxidation sites excluding steroid dienone is 4. The lowest BCUT2D eigenvalue weighted by molar-refractivity contribution is -0.181. The lowest BCUT2D eigenvalue weighted by Crippen LogP contribution is -2.62. The van der Waals surface area contributed by atoms with Crippen LogP contribution in [0.15, 0.2) is 23.1 Å². The fraction of sp³-hybridized carbons (Fsp3) is 0.524. The number of carbonyl (C=O) groups is 6. The van der Waals surface area contributed by atoms with Crippen LogP contribution in [-0.4, -0.2) is 65.5 Å². The van der Waals surface area contributed by atoms with Gasteiger partial charge in [0.05, 0.1) is 17.6 Å². The molecule has 1 saturated carbocycles. The smallest absolute Gasteiger partial charge is 0.303 e. The minimum Gasteiger partial charge on any atom is -0.465 e. The Bertz CT molecular complexity index is 878. The summed E-state index contributed by atoms with van der Waals surface area (Å²) in [6.07, 6.45) is 1.60. The molecule has 0 heterocycles. The van der Waals surface area contributed by atoms with Crippen molar-refractivity contribution in [1.82, 2.24) is 5.32 Å². The van der Waals surface area contributed by atoms with Crippen LogP contribution in [0.2, 0.25) is 0 Å². The molecule has 2 aliphatic carbocycles. The summed E-state index contributed by atoms with van der Waals surface area (Å²) < 4.78 is 16.0. The van der Waals surface area contributed by atoms with E-state index in [1.165, 1.54) is 33.8 Å². The molecule has 1 amide bonds. The Morgan fingerprint density at radius 3 is 2.16 bits per heavy atom. The normalized spacial score (nSPS) is 27.2. The Morgan fingerprint density at radius 1 is 0.969 bits per heavy atom. The average Bonchev–Trinajstić information content (AvgIpc) is 2.66. The van der Waals surface area contributed by atoms with E-state index in [0.29, 0.717) is 0 Å². The van der Waals surface area contributed by atoms with Gasteiger partial charge in [0.15, 0.2) is 17.7 Å². The summed E-state index contributed by atoms with van der Waals surface area (Å²) in [7, 11) is 0. The highest BCUT2D eigenvalue weighted by molar-refractivity contribution is 8.04. The van der Waals surface area contributed by atoms with Crippen molar-refractivity contribution in [2.24, 2.45) is 5.92 Å². The first-order valence-electron chi connectivity index (χ1n) is 9.87. The highest BCUT2D eigenvalue weighted by Gasteiger charge is 2.50. The molecule has 2 rings (SSSR count). The van der Waals surface area contributed by atoms with E-state index in [0.717, 1.165) is 23.9 Å². The zero-order valence-electron chi connectivity index (χ0n) is 18.1. The topological polar surface area (TPSA) is 142 Å². The number of esters is 3. The van der Waals surface area contributed by atoms with Gasteiger partial charge in [0.1, 0.15) is 6.10 Å². The van der Waals surface area contributed by atoms with Gasteiger partial charge in [0.2, 0.25) is 5.91 Å². The molecule has 5 unspecified atom stereocenters. The van der Waals surface area contributed by atoms with Gasteiger partial charge in [0.25, 0.3) is 0 Å². The first kappa shape index (κ1) is 25.3. The van der Waals surface area contributed by atoms with E-state index in [4.69, 9.17) is 14.2 Å². The number of rotatable bonds is 7. The van der Waals surface area contributed by atoms with Crippen LogP contribution in [0.25, 0.3) is 0 Å². The molecular formula is C21H25NO9S. The second kappa shape index (κ2) is 11.1. The van der Waals surface area contributed by atoms with E-state index < -0.39 is 53.2 Å². The van der Waals surface area contributed by atoms with Crippen molar-refractivity contribution in [2.75, 3.05) is 6.61 Å². The maximum absolute atomic E-state index is 12.3. The average molecular weight is 467 g/mol. The zero-order chi connectivity index (χ0) is 24.0. The van der Waals surface area contributed by atoms with E-state index >= 15 is 0 Å². The van der Waals surface area contributed by atoms with E-state index in [-0.39, 0.29) is 29.5 Å². The fourth-order valence-electron chi connectivity index (χ4n) is 3.61. The van der Waals surface area contributed by atoms with Crippen molar-refractivity contribution in [3.05, 3.63) is 23.1 Å². The van der Waals surface area contributed by atoms with Gasteiger partial charge in [-0.2, -0.15) is 0 Å². The van der Waals surface area contributed by atoms with Gasteiger partial charge in [-0.05, 0) is 18.6 Å². The molecule has 32 heavy (non-hydrogen) atoms. The Balaban J connectivity index is 2.46. The maximum atomic E-state index is 12.3. The molecule has 10 nitrogen and oxygen atoms in total. The Hall–Kier alpha value is -2.95. The first-order valence-corrected chi connectivity index (χ1v) is 10.8. The van der Waals surface area contributed by atoms with Gasteiger partial charge in [-0.25, -0.2) is 0 Å². The molecule has 0 saturated heterocycles. The van der Waals surface area contributed by atoms with E-state index in [1.807, 2.05) is 0 Å². The van der Waals surface area contributed by atoms with Crippen molar-refractivity contribution < 1.29 is 43.0 Å². The summed E-state index contributed by atoms with van der Waals surface area (Å²) in [5, 5.41) is 2.15. The van der Waals surface area contributed by atoms with Gasteiger partial charge >= 0.3 is 17.9 Å². The van der Waals surface area contributed by atoms with Gasteiger partial charge in [-0.15, -0.1) is 11.8 Å². The summed E-state index contributed by atoms with van der Waals surface area (Å²) in [5.74, 6) is -3.63. The van der Waals surface area contributed by atoms with Crippen LogP contribution in [-0.2, 0) is 43.0 Å². The maximum Gasteiger partial charge on any atom is 0.303 e. The zero-order valence-corrected chi connectivity index (χ0v) is 18.9. The van der Waals surface area contributed by atoms with Crippen LogP contribution in [0.1, 0.15) is 34.1 Å². The second-order valence-electron chi connectivity index (χ2n) is 7.44. The molecule has 0 spiro atoms. The lowest BCUT2D eigenvalue weighted by atomic mass is 9.80. The minimum atomic E-state index is -1.11. The molecule has 11 heteroatoms. The second-order valence-corrected chi connectivity index (χ2v) is 8.72. The molecule has 0 aromatic heterocycles. The van der Waals surface area contributed by atoms with Crippen molar-refractivity contribution >= 4 is 47.1 Å². The SMILES string of the molecule is CC(=O)NC1C(SC2=CC(=O)C=CC2=O)CC(COC(C)=O)C(OC(C)=O)C1OC(C)=O. The number of amides is 1. The molecule has 174 valence electrons. The van der Waals surface area contributed by atoms with Gasteiger partial charge in [-0.1, -0.05) is 0 Å². The molecule has 0 radical (unpaired) electrons. The molecule has 1 N–H and O–H groups in total. The quantitative estimate of drug-likeness (QED) is 0.322. The predicted molar refractivity (Wildman–Crippen MR) is 112 cm³/mol. The van der Waals surface area contributed by atoms with Crippen molar-refractivity contribution in [1.29, 1.82) is 0 Å². The van der Waals surface area contributed by atoms with Crippen molar-refractivity contribution in [2.45, 2.75) is 57.6 Å². The van der Waals surface area contributed by atoms with E-state index in [2.05, 4.69) is 5.32 Å². The lowest BCUT2D eigenvalue weighted by Gasteiger charge is -2.45. The summed E-state index contributed by atoms with van der Waals surface area (Å²) in [4.78, 5) is 71.1. The monoisotopic (exact) mass is 467 g/mol. The molecular weight excluding hydrogens is 442 g/mol. The number of hydrogen-bond acceptors (Lipinski definition) is 10. The number of ketones is 2. The molecule has 1 fully saturated rings.